The van der Waals surface area contributed by atoms with Crippen LogP contribution in [0.15, 0.2) is 42.5 Å². The van der Waals surface area contributed by atoms with Gasteiger partial charge in [-0.05, 0) is 43.4 Å². The summed E-state index contributed by atoms with van der Waals surface area (Å²) in [5.74, 6) is -2.71. The lowest BCUT2D eigenvalue weighted by Crippen LogP contribution is -2.58. The number of hydrogen-bond acceptors (Lipinski definition) is 6. The van der Waals surface area contributed by atoms with E-state index in [0.29, 0.717) is 13.0 Å². The van der Waals surface area contributed by atoms with Gasteiger partial charge in [-0.3, -0.25) is 14.4 Å². The lowest BCUT2D eigenvalue weighted by atomic mass is 9.78. The number of esters is 1. The number of benzene rings is 1. The molecule has 0 saturated carbocycles. The first kappa shape index (κ1) is 24.7. The van der Waals surface area contributed by atoms with Gasteiger partial charge in [0.25, 0.3) is 5.91 Å². The van der Waals surface area contributed by atoms with Crippen LogP contribution in [0.25, 0.3) is 0 Å². The molecule has 36 heavy (non-hydrogen) atoms. The van der Waals surface area contributed by atoms with Crippen LogP contribution in [-0.2, 0) is 23.9 Å². The summed E-state index contributed by atoms with van der Waals surface area (Å²) in [6, 6.07) is 4.27. The first-order chi connectivity index (χ1) is 17.2. The molecule has 1 aromatic rings. The van der Waals surface area contributed by atoms with Gasteiger partial charge in [0.1, 0.15) is 24.2 Å². The van der Waals surface area contributed by atoms with E-state index in [4.69, 9.17) is 9.47 Å². The predicted octanol–water partition coefficient (Wildman–Crippen LogP) is 2.31. The average molecular weight is 495 g/mol. The summed E-state index contributed by atoms with van der Waals surface area (Å²) in [6.45, 7) is 8.08. The van der Waals surface area contributed by atoms with Crippen molar-refractivity contribution in [2.24, 2.45) is 17.8 Å². The number of anilines is 1. The summed E-state index contributed by atoms with van der Waals surface area (Å²) in [5.41, 5.74) is 1.37. The van der Waals surface area contributed by atoms with Crippen LogP contribution in [0, 0.1) is 31.6 Å². The second kappa shape index (κ2) is 9.16. The number of hydrogen-bond donors (Lipinski definition) is 1. The van der Waals surface area contributed by atoms with Crippen molar-refractivity contribution >= 4 is 23.5 Å². The topological polar surface area (TPSA) is 96.4 Å². The molecule has 1 aromatic carbocycles. The van der Waals surface area contributed by atoms with Crippen LogP contribution in [0.3, 0.4) is 0 Å². The maximum atomic E-state index is 14.5. The van der Waals surface area contributed by atoms with Crippen molar-refractivity contribution in [2.75, 3.05) is 24.7 Å². The monoisotopic (exact) mass is 494 g/mol. The third-order valence-electron chi connectivity index (χ3n) is 7.91. The van der Waals surface area contributed by atoms with E-state index in [2.05, 4.69) is 0 Å². The molecule has 4 heterocycles. The van der Waals surface area contributed by atoms with Crippen molar-refractivity contribution in [2.45, 2.75) is 57.9 Å². The van der Waals surface area contributed by atoms with Crippen LogP contribution in [0.1, 0.15) is 31.4 Å². The number of aliphatic hydroxyl groups is 1. The fourth-order valence-electron chi connectivity index (χ4n) is 6.55. The molecule has 8 nitrogen and oxygen atoms in total. The number of cyclic esters (lactones) is 1. The smallest absolute Gasteiger partial charge is 0.313 e. The van der Waals surface area contributed by atoms with E-state index in [-0.39, 0.29) is 30.9 Å². The molecule has 2 saturated heterocycles. The number of amides is 2. The van der Waals surface area contributed by atoms with E-state index in [1.165, 1.54) is 4.90 Å². The van der Waals surface area contributed by atoms with Gasteiger partial charge in [-0.15, -0.1) is 0 Å². The highest BCUT2D eigenvalue weighted by Gasteiger charge is 2.72. The van der Waals surface area contributed by atoms with E-state index < -0.39 is 41.6 Å². The zero-order valence-electron chi connectivity index (χ0n) is 21.2. The Morgan fingerprint density at radius 2 is 1.83 bits per heavy atom. The van der Waals surface area contributed by atoms with Gasteiger partial charge in [0.05, 0.1) is 24.7 Å². The zero-order chi connectivity index (χ0) is 25.8. The van der Waals surface area contributed by atoms with Crippen LogP contribution in [0.2, 0.25) is 0 Å². The molecule has 6 atom stereocenters. The Labute approximate surface area is 211 Å². The van der Waals surface area contributed by atoms with Gasteiger partial charge in [-0.1, -0.05) is 50.3 Å². The molecule has 192 valence electrons. The van der Waals surface area contributed by atoms with Crippen molar-refractivity contribution in [1.82, 2.24) is 4.90 Å². The molecule has 0 radical (unpaired) electrons. The molecule has 1 spiro atoms. The summed E-state index contributed by atoms with van der Waals surface area (Å²) >= 11 is 0. The number of ether oxygens (including phenoxy) is 2. The van der Waals surface area contributed by atoms with Crippen molar-refractivity contribution < 1.29 is 29.0 Å². The summed E-state index contributed by atoms with van der Waals surface area (Å²) in [5, 5.41) is 10.4. The molecule has 4 aliphatic rings. The fraction of sp³-hybridized carbons (Fsp3) is 0.536. The summed E-state index contributed by atoms with van der Waals surface area (Å²) in [4.78, 5) is 44.9. The summed E-state index contributed by atoms with van der Waals surface area (Å²) in [7, 11) is 0. The molecule has 8 heteroatoms. The first-order valence-electron chi connectivity index (χ1n) is 12.7. The molecule has 2 amide bonds. The molecular formula is C28H34N2O6. The lowest BCUT2D eigenvalue weighted by Gasteiger charge is -2.39. The standard InChI is InChI=1S/C28H34N2O6/c1-16(2)14-19(15-31)30-24-26(33)29(23-17(3)8-5-9-18(23)4)12-7-11-28(24)22(25(30)32)21-20(36-28)10-6-13-35-27(21)34/h5-11,16,19-22,24,31H,12-15H2,1-4H3/t19-,20+,21-,22+,24?,28+/m1/s1. The number of nitrogens with zero attached hydrogens (tertiary/aromatic N) is 2. The normalized spacial score (nSPS) is 32.2. The minimum atomic E-state index is -1.33. The Morgan fingerprint density at radius 3 is 2.50 bits per heavy atom. The molecule has 5 rings (SSSR count). The van der Waals surface area contributed by atoms with E-state index >= 15 is 0 Å². The second-order valence-corrected chi connectivity index (χ2v) is 10.7. The van der Waals surface area contributed by atoms with Gasteiger partial charge < -0.3 is 24.4 Å². The highest BCUT2D eigenvalue weighted by atomic mass is 16.6. The lowest BCUT2D eigenvalue weighted by molar-refractivity contribution is -0.153. The van der Waals surface area contributed by atoms with Gasteiger partial charge in [-0.25, -0.2) is 0 Å². The van der Waals surface area contributed by atoms with Crippen LogP contribution in [0.4, 0.5) is 5.69 Å². The molecule has 1 N–H and O–H groups in total. The van der Waals surface area contributed by atoms with E-state index in [1.807, 2.05) is 58.0 Å². The van der Waals surface area contributed by atoms with Crippen LogP contribution < -0.4 is 4.90 Å². The van der Waals surface area contributed by atoms with E-state index in [1.54, 1.807) is 17.1 Å². The number of aliphatic hydroxyl groups excluding tert-OH is 1. The maximum Gasteiger partial charge on any atom is 0.313 e. The number of likely N-dealkylation sites (tertiary alicyclic amines) is 1. The summed E-state index contributed by atoms with van der Waals surface area (Å²) < 4.78 is 11.9. The number of rotatable bonds is 5. The predicted molar refractivity (Wildman–Crippen MR) is 133 cm³/mol. The second-order valence-electron chi connectivity index (χ2n) is 10.7. The fourth-order valence-corrected chi connectivity index (χ4v) is 6.55. The van der Waals surface area contributed by atoms with E-state index in [9.17, 15) is 19.5 Å². The molecular weight excluding hydrogens is 460 g/mol. The van der Waals surface area contributed by atoms with Gasteiger partial charge in [0.2, 0.25) is 5.91 Å². The minimum absolute atomic E-state index is 0.123. The molecule has 0 aromatic heterocycles. The van der Waals surface area contributed by atoms with Crippen LogP contribution in [-0.4, -0.2) is 71.3 Å². The molecule has 4 aliphatic heterocycles. The first-order valence-corrected chi connectivity index (χ1v) is 12.7. The highest BCUT2D eigenvalue weighted by molar-refractivity contribution is 6.06. The number of fused-ring (bicyclic) bond motifs is 2. The number of aryl methyl sites for hydroxylation is 2. The Morgan fingerprint density at radius 1 is 1.11 bits per heavy atom. The minimum Gasteiger partial charge on any atom is -0.461 e. The molecule has 0 bridgehead atoms. The number of para-hydroxylation sites is 1. The largest absolute Gasteiger partial charge is 0.461 e. The Kier molecular flexibility index (Phi) is 6.29. The zero-order valence-corrected chi connectivity index (χ0v) is 21.2. The molecule has 2 fully saturated rings. The number of carbonyl (C=O) groups is 3. The Bertz CT molecular complexity index is 1120. The van der Waals surface area contributed by atoms with Crippen LogP contribution in [0.5, 0.6) is 0 Å². The Balaban J connectivity index is 1.67. The highest BCUT2D eigenvalue weighted by Crippen LogP contribution is 2.54. The SMILES string of the molecule is Cc1cccc(C)c1N1CC=C[C@]23O[C@H]4C=CCOC(=O)[C@H]4[C@H]2C(=O)N([C@@H](CO)CC(C)C)C3C1=O. The van der Waals surface area contributed by atoms with Crippen molar-refractivity contribution in [3.63, 3.8) is 0 Å². The number of carbonyl (C=O) groups excluding carboxylic acids is 3. The van der Waals surface area contributed by atoms with Gasteiger partial charge in [0, 0.05) is 12.2 Å². The third kappa shape index (κ3) is 3.61. The van der Waals surface area contributed by atoms with E-state index in [0.717, 1.165) is 16.8 Å². The maximum absolute atomic E-state index is 14.5. The van der Waals surface area contributed by atoms with Gasteiger partial charge in [-0.2, -0.15) is 0 Å². The average Bonchev–Trinajstić information content (AvgIpc) is 3.13. The molecule has 0 aliphatic carbocycles. The molecule has 1 unspecified atom stereocenters. The third-order valence-corrected chi connectivity index (χ3v) is 7.91. The quantitative estimate of drug-likeness (QED) is 0.499. The Hall–Kier alpha value is -2.97. The van der Waals surface area contributed by atoms with Gasteiger partial charge in [0.15, 0.2) is 0 Å². The van der Waals surface area contributed by atoms with Crippen LogP contribution >= 0.6 is 0 Å². The summed E-state index contributed by atoms with van der Waals surface area (Å²) in [6.07, 6.45) is 7.01. The van der Waals surface area contributed by atoms with Crippen molar-refractivity contribution in [1.29, 1.82) is 0 Å². The van der Waals surface area contributed by atoms with Gasteiger partial charge >= 0.3 is 5.97 Å². The van der Waals surface area contributed by atoms with Crippen molar-refractivity contribution in [3.8, 4) is 0 Å². The van der Waals surface area contributed by atoms with Crippen molar-refractivity contribution in [3.05, 3.63) is 53.6 Å².